The summed E-state index contributed by atoms with van der Waals surface area (Å²) >= 11 is 6.06. The highest BCUT2D eigenvalue weighted by atomic mass is 35.5. The van der Waals surface area contributed by atoms with E-state index in [1.54, 1.807) is 0 Å². The molecule has 2 rings (SSSR count). The molecule has 18 heavy (non-hydrogen) atoms. The number of rotatable bonds is 3. The topological polar surface area (TPSA) is 84.6 Å². The van der Waals surface area contributed by atoms with E-state index in [2.05, 4.69) is 5.32 Å². The van der Waals surface area contributed by atoms with Gasteiger partial charge in [0, 0.05) is 12.3 Å². The van der Waals surface area contributed by atoms with Crippen LogP contribution in [0.2, 0.25) is 5.02 Å². The Hall–Kier alpha value is -1.46. The largest absolute Gasteiger partial charge is 0.478 e. The molecule has 98 valence electrons. The standard InChI is InChI=1S/C12H15ClN2O3/c1-6-10(2-3-18-6)15-11-8(12(16)17)4-7(14)5-9(11)13/h4-6,10,15H,2-3,14H2,1H3,(H,16,17). The molecule has 0 saturated carbocycles. The summed E-state index contributed by atoms with van der Waals surface area (Å²) in [6.07, 6.45) is 0.848. The highest BCUT2D eigenvalue weighted by Gasteiger charge is 2.26. The van der Waals surface area contributed by atoms with Gasteiger partial charge in [-0.1, -0.05) is 11.6 Å². The molecule has 1 aromatic carbocycles. The van der Waals surface area contributed by atoms with Crippen molar-refractivity contribution in [2.45, 2.75) is 25.5 Å². The van der Waals surface area contributed by atoms with Gasteiger partial charge in [-0.15, -0.1) is 0 Å². The summed E-state index contributed by atoms with van der Waals surface area (Å²) in [7, 11) is 0. The summed E-state index contributed by atoms with van der Waals surface area (Å²) in [6, 6.07) is 3.00. The molecule has 0 aromatic heterocycles. The van der Waals surface area contributed by atoms with Gasteiger partial charge >= 0.3 is 5.97 Å². The number of carboxylic acids is 1. The fourth-order valence-electron chi connectivity index (χ4n) is 2.05. The fraction of sp³-hybridized carbons (Fsp3) is 0.417. The Balaban J connectivity index is 2.33. The number of ether oxygens (including phenoxy) is 1. The molecule has 0 spiro atoms. The van der Waals surface area contributed by atoms with Crippen molar-refractivity contribution in [1.82, 2.24) is 0 Å². The third-order valence-corrected chi connectivity index (χ3v) is 3.35. The quantitative estimate of drug-likeness (QED) is 0.734. The van der Waals surface area contributed by atoms with Crippen molar-refractivity contribution in [1.29, 1.82) is 0 Å². The van der Waals surface area contributed by atoms with E-state index in [0.29, 0.717) is 23.0 Å². The monoisotopic (exact) mass is 270 g/mol. The number of nitrogens with two attached hydrogens (primary N) is 1. The second-order valence-electron chi connectivity index (χ2n) is 4.35. The van der Waals surface area contributed by atoms with Crippen LogP contribution in [-0.4, -0.2) is 29.8 Å². The third-order valence-electron chi connectivity index (χ3n) is 3.05. The average Bonchev–Trinajstić information content (AvgIpc) is 2.67. The number of anilines is 2. The van der Waals surface area contributed by atoms with Gasteiger partial charge in [-0.3, -0.25) is 0 Å². The van der Waals surface area contributed by atoms with Crippen molar-refractivity contribution in [3.63, 3.8) is 0 Å². The molecular formula is C12H15ClN2O3. The number of aromatic carboxylic acids is 1. The third kappa shape index (κ3) is 2.52. The normalized spacial score (nSPS) is 23.0. The van der Waals surface area contributed by atoms with Crippen molar-refractivity contribution in [2.24, 2.45) is 0 Å². The lowest BCUT2D eigenvalue weighted by molar-refractivity contribution is 0.0697. The smallest absolute Gasteiger partial charge is 0.337 e. The first-order chi connectivity index (χ1) is 8.49. The maximum Gasteiger partial charge on any atom is 0.337 e. The molecule has 1 heterocycles. The van der Waals surface area contributed by atoms with Gasteiger partial charge in [0.05, 0.1) is 28.4 Å². The van der Waals surface area contributed by atoms with Crippen molar-refractivity contribution in [2.75, 3.05) is 17.7 Å². The van der Waals surface area contributed by atoms with Gasteiger partial charge in [0.15, 0.2) is 0 Å². The lowest BCUT2D eigenvalue weighted by Crippen LogP contribution is -2.27. The van der Waals surface area contributed by atoms with E-state index in [-0.39, 0.29) is 17.7 Å². The van der Waals surface area contributed by atoms with Gasteiger partial charge < -0.3 is 20.9 Å². The first kappa shape index (κ1) is 13.0. The Morgan fingerprint density at radius 2 is 2.33 bits per heavy atom. The predicted octanol–water partition coefficient (Wildman–Crippen LogP) is 2.21. The molecule has 1 fully saturated rings. The number of nitrogen functional groups attached to an aromatic ring is 1. The Morgan fingerprint density at radius 1 is 1.61 bits per heavy atom. The van der Waals surface area contributed by atoms with Crippen molar-refractivity contribution in [3.8, 4) is 0 Å². The molecule has 2 atom stereocenters. The zero-order chi connectivity index (χ0) is 13.3. The number of hydrogen-bond acceptors (Lipinski definition) is 4. The molecule has 0 aliphatic carbocycles. The Morgan fingerprint density at radius 3 is 2.89 bits per heavy atom. The Labute approximate surface area is 110 Å². The van der Waals surface area contributed by atoms with Crippen LogP contribution in [0.5, 0.6) is 0 Å². The van der Waals surface area contributed by atoms with Crippen molar-refractivity contribution >= 4 is 28.9 Å². The number of nitrogens with one attached hydrogen (secondary N) is 1. The van der Waals surface area contributed by atoms with Gasteiger partial charge in [-0.05, 0) is 25.5 Å². The van der Waals surface area contributed by atoms with Gasteiger partial charge in [0.25, 0.3) is 0 Å². The lowest BCUT2D eigenvalue weighted by Gasteiger charge is -2.20. The minimum absolute atomic E-state index is 0.0280. The molecule has 2 unspecified atom stereocenters. The van der Waals surface area contributed by atoms with E-state index in [0.717, 1.165) is 6.42 Å². The lowest BCUT2D eigenvalue weighted by atomic mass is 10.1. The zero-order valence-corrected chi connectivity index (χ0v) is 10.7. The number of carbonyl (C=O) groups is 1. The van der Waals surface area contributed by atoms with E-state index in [1.807, 2.05) is 6.92 Å². The summed E-state index contributed by atoms with van der Waals surface area (Å²) < 4.78 is 5.42. The molecule has 1 aliphatic heterocycles. The molecule has 0 amide bonds. The Bertz CT molecular complexity index is 479. The van der Waals surface area contributed by atoms with Gasteiger partial charge in [-0.25, -0.2) is 4.79 Å². The second kappa shape index (κ2) is 5.04. The van der Waals surface area contributed by atoms with Crippen LogP contribution in [0.25, 0.3) is 0 Å². The van der Waals surface area contributed by atoms with Gasteiger partial charge in [-0.2, -0.15) is 0 Å². The molecule has 1 aliphatic rings. The van der Waals surface area contributed by atoms with E-state index in [1.165, 1.54) is 12.1 Å². The summed E-state index contributed by atoms with van der Waals surface area (Å²) in [6.45, 7) is 2.60. The number of benzene rings is 1. The van der Waals surface area contributed by atoms with E-state index >= 15 is 0 Å². The van der Waals surface area contributed by atoms with Crippen LogP contribution >= 0.6 is 11.6 Å². The summed E-state index contributed by atoms with van der Waals surface area (Å²) in [4.78, 5) is 11.2. The minimum Gasteiger partial charge on any atom is -0.478 e. The van der Waals surface area contributed by atoms with Crippen LogP contribution in [0.15, 0.2) is 12.1 Å². The van der Waals surface area contributed by atoms with Crippen LogP contribution in [0, 0.1) is 0 Å². The summed E-state index contributed by atoms with van der Waals surface area (Å²) in [5, 5.41) is 12.6. The molecule has 0 radical (unpaired) electrons. The first-order valence-electron chi connectivity index (χ1n) is 5.69. The van der Waals surface area contributed by atoms with E-state index < -0.39 is 5.97 Å². The number of halogens is 1. The fourth-order valence-corrected chi connectivity index (χ4v) is 2.33. The summed E-state index contributed by atoms with van der Waals surface area (Å²) in [5.74, 6) is -1.06. The van der Waals surface area contributed by atoms with Crippen LogP contribution in [0.3, 0.4) is 0 Å². The summed E-state index contributed by atoms with van der Waals surface area (Å²) in [5.41, 5.74) is 6.42. The van der Waals surface area contributed by atoms with Crippen LogP contribution in [-0.2, 0) is 4.74 Å². The van der Waals surface area contributed by atoms with Gasteiger partial charge in [0.2, 0.25) is 0 Å². The van der Waals surface area contributed by atoms with Crippen LogP contribution < -0.4 is 11.1 Å². The highest BCUT2D eigenvalue weighted by molar-refractivity contribution is 6.34. The molecule has 1 aromatic rings. The van der Waals surface area contributed by atoms with Crippen LogP contribution in [0.4, 0.5) is 11.4 Å². The van der Waals surface area contributed by atoms with Gasteiger partial charge in [0.1, 0.15) is 0 Å². The number of hydrogen-bond donors (Lipinski definition) is 3. The SMILES string of the molecule is CC1OCCC1Nc1c(Cl)cc(N)cc1C(=O)O. The van der Waals surface area contributed by atoms with Crippen LogP contribution in [0.1, 0.15) is 23.7 Å². The molecular weight excluding hydrogens is 256 g/mol. The zero-order valence-electron chi connectivity index (χ0n) is 9.94. The average molecular weight is 271 g/mol. The molecule has 6 heteroatoms. The minimum atomic E-state index is -1.06. The molecule has 0 bridgehead atoms. The maximum absolute atomic E-state index is 11.2. The highest BCUT2D eigenvalue weighted by Crippen LogP contribution is 2.31. The molecule has 1 saturated heterocycles. The first-order valence-corrected chi connectivity index (χ1v) is 6.07. The van der Waals surface area contributed by atoms with Crippen molar-refractivity contribution < 1.29 is 14.6 Å². The molecule has 4 N–H and O–H groups in total. The predicted molar refractivity (Wildman–Crippen MR) is 70.3 cm³/mol. The molecule has 5 nitrogen and oxygen atoms in total. The van der Waals surface area contributed by atoms with E-state index in [9.17, 15) is 4.79 Å². The van der Waals surface area contributed by atoms with E-state index in [4.69, 9.17) is 27.2 Å². The second-order valence-corrected chi connectivity index (χ2v) is 4.75. The maximum atomic E-state index is 11.2. The number of carboxylic acid groups (broad SMARTS) is 1. The Kier molecular flexibility index (Phi) is 3.63. The van der Waals surface area contributed by atoms with Crippen molar-refractivity contribution in [3.05, 3.63) is 22.7 Å².